The lowest BCUT2D eigenvalue weighted by Crippen LogP contribution is -2.58. The van der Waals surface area contributed by atoms with Crippen LogP contribution in [0.2, 0.25) is 0 Å². The minimum absolute atomic E-state index is 0.115. The molecule has 10 atom stereocenters. The number of hydroxylamine groups is 1. The summed E-state index contributed by atoms with van der Waals surface area (Å²) >= 11 is 0. The molecule has 0 radical (unpaired) electrons. The van der Waals surface area contributed by atoms with Gasteiger partial charge in [0.1, 0.15) is 0 Å². The summed E-state index contributed by atoms with van der Waals surface area (Å²) in [6, 6.07) is 0. The van der Waals surface area contributed by atoms with Gasteiger partial charge in [-0.15, -0.1) is 0 Å². The fourth-order valence-electron chi connectivity index (χ4n) is 9.69. The summed E-state index contributed by atoms with van der Waals surface area (Å²) in [6.45, 7) is 7.93. The van der Waals surface area contributed by atoms with Gasteiger partial charge in [-0.2, -0.15) is 0 Å². The highest BCUT2D eigenvalue weighted by Gasteiger charge is 2.62. The van der Waals surface area contributed by atoms with Crippen LogP contribution in [0.1, 0.15) is 111 Å². The van der Waals surface area contributed by atoms with Crippen molar-refractivity contribution in [1.82, 2.24) is 10.8 Å². The average Bonchev–Trinajstić information content (AvgIpc) is 3.22. The Bertz CT molecular complexity index is 807. The molecule has 2 amide bonds. The number of hydrogen-bond donors (Lipinski definition) is 5. The molecule has 0 bridgehead atoms. The maximum Gasteiger partial charge on any atom is 0.243 e. The van der Waals surface area contributed by atoms with Crippen molar-refractivity contribution >= 4 is 11.8 Å². The number of carbonyl (C=O) groups is 2. The summed E-state index contributed by atoms with van der Waals surface area (Å²) in [7, 11) is 0. The Morgan fingerprint density at radius 2 is 1.62 bits per heavy atom. The molecule has 7 nitrogen and oxygen atoms in total. The number of rotatable bonds is 10. The van der Waals surface area contributed by atoms with E-state index in [1.54, 1.807) is 5.48 Å². The van der Waals surface area contributed by atoms with Gasteiger partial charge in [-0.1, -0.05) is 27.2 Å². The zero-order chi connectivity index (χ0) is 26.8. The maximum absolute atomic E-state index is 12.5. The van der Waals surface area contributed by atoms with Crippen LogP contribution >= 0.6 is 0 Å². The van der Waals surface area contributed by atoms with Crippen LogP contribution in [-0.4, -0.2) is 46.0 Å². The summed E-state index contributed by atoms with van der Waals surface area (Å²) < 4.78 is 0. The molecule has 0 heterocycles. The smallest absolute Gasteiger partial charge is 0.243 e. The first kappa shape index (κ1) is 28.8. The van der Waals surface area contributed by atoms with E-state index in [0.29, 0.717) is 61.3 Å². The molecule has 0 aromatic carbocycles. The average molecular weight is 521 g/mol. The van der Waals surface area contributed by atoms with Crippen LogP contribution in [-0.2, 0) is 9.59 Å². The molecule has 4 saturated carbocycles. The lowest BCUT2D eigenvalue weighted by molar-refractivity contribution is -0.174. The number of amides is 2. The molecule has 4 aliphatic rings. The predicted molar refractivity (Wildman–Crippen MR) is 142 cm³/mol. The molecule has 4 aliphatic carbocycles. The number of hydrogen-bond acceptors (Lipinski definition) is 5. The quantitative estimate of drug-likeness (QED) is 0.164. The number of carbonyl (C=O) groups excluding carboxylic acids is 2. The largest absolute Gasteiger partial charge is 0.393 e. The van der Waals surface area contributed by atoms with Gasteiger partial charge < -0.3 is 15.5 Å². The first-order valence-electron chi connectivity index (χ1n) is 15.2. The van der Waals surface area contributed by atoms with E-state index in [1.807, 2.05) is 0 Å². The minimum atomic E-state index is -0.362. The van der Waals surface area contributed by atoms with Gasteiger partial charge in [-0.25, -0.2) is 5.48 Å². The van der Waals surface area contributed by atoms with Crippen molar-refractivity contribution in [1.29, 1.82) is 0 Å². The van der Waals surface area contributed by atoms with Crippen LogP contribution in [0, 0.1) is 46.3 Å². The molecule has 37 heavy (non-hydrogen) atoms. The summed E-state index contributed by atoms with van der Waals surface area (Å²) in [6.07, 6.45) is 12.3. The highest BCUT2D eigenvalue weighted by molar-refractivity contribution is 5.75. The molecule has 0 saturated heterocycles. The Morgan fingerprint density at radius 1 is 0.892 bits per heavy atom. The van der Waals surface area contributed by atoms with Crippen molar-refractivity contribution in [2.45, 2.75) is 123 Å². The lowest BCUT2D eigenvalue weighted by atomic mass is 9.43. The Hall–Kier alpha value is -1.18. The Labute approximate surface area is 223 Å². The molecule has 4 fully saturated rings. The van der Waals surface area contributed by atoms with Gasteiger partial charge >= 0.3 is 0 Å². The molecule has 0 aliphatic heterocycles. The third kappa shape index (κ3) is 5.89. The molecule has 1 unspecified atom stereocenters. The van der Waals surface area contributed by atoms with Crippen LogP contribution in [0.25, 0.3) is 0 Å². The summed E-state index contributed by atoms with van der Waals surface area (Å²) in [5.74, 6) is 2.83. The Balaban J connectivity index is 1.27. The fourth-order valence-corrected chi connectivity index (χ4v) is 9.69. The zero-order valence-corrected chi connectivity index (χ0v) is 23.4. The second kappa shape index (κ2) is 11.9. The molecule has 212 valence electrons. The number of nitrogens with one attached hydrogen (secondary N) is 2. The molecular weight excluding hydrogens is 468 g/mol. The summed E-state index contributed by atoms with van der Waals surface area (Å²) in [5, 5.41) is 33.3. The topological polar surface area (TPSA) is 119 Å². The van der Waals surface area contributed by atoms with Gasteiger partial charge in [0.05, 0.1) is 12.2 Å². The van der Waals surface area contributed by atoms with Gasteiger partial charge in [-0.05, 0) is 117 Å². The van der Waals surface area contributed by atoms with E-state index in [0.717, 1.165) is 44.9 Å². The van der Waals surface area contributed by atoms with Crippen molar-refractivity contribution in [2.75, 3.05) is 6.54 Å². The SMILES string of the molecule is C[C@H](CCC(=O)NCCCCCC(=O)NO)C1CC[C@H]2[C@@H]3[C@@H](O)C[C@@H]4C[C@H](O)CC[C@]4(C)[C@H]3CC[C@]12C. The van der Waals surface area contributed by atoms with Crippen LogP contribution in [0.5, 0.6) is 0 Å². The second-order valence-electron chi connectivity index (χ2n) is 13.7. The molecule has 5 N–H and O–H groups in total. The Kier molecular flexibility index (Phi) is 9.28. The predicted octanol–water partition coefficient (Wildman–Crippen LogP) is 4.58. The second-order valence-corrected chi connectivity index (χ2v) is 13.7. The van der Waals surface area contributed by atoms with Crippen LogP contribution < -0.4 is 10.8 Å². The summed E-state index contributed by atoms with van der Waals surface area (Å²) in [5.41, 5.74) is 2.15. The van der Waals surface area contributed by atoms with Crippen LogP contribution in [0.15, 0.2) is 0 Å². The molecular formula is C30H52N2O5. The minimum Gasteiger partial charge on any atom is -0.393 e. The third-order valence-corrected chi connectivity index (χ3v) is 11.8. The molecule has 0 aromatic rings. The van der Waals surface area contributed by atoms with E-state index in [9.17, 15) is 19.8 Å². The van der Waals surface area contributed by atoms with Gasteiger partial charge in [-0.3, -0.25) is 14.8 Å². The van der Waals surface area contributed by atoms with Crippen molar-refractivity contribution < 1.29 is 25.0 Å². The summed E-state index contributed by atoms with van der Waals surface area (Å²) in [4.78, 5) is 23.5. The van der Waals surface area contributed by atoms with Crippen LogP contribution in [0.3, 0.4) is 0 Å². The van der Waals surface area contributed by atoms with E-state index in [1.165, 1.54) is 25.7 Å². The fraction of sp³-hybridized carbons (Fsp3) is 0.933. The molecule has 0 aromatic heterocycles. The molecule has 7 heteroatoms. The standard InChI is InChI=1S/C30H52N2O5/c1-19(8-11-26(35)31-16-6-4-5-7-27(36)32-37)22-9-10-23-28-24(13-15-30(22,23)3)29(2)14-12-21(33)17-20(29)18-25(28)34/h19-25,28,33-34,37H,4-18H2,1-3H3,(H,31,35)(H,32,36)/t19-,20+,21-,22?,23+,24+,25+,28+,29+,30-/m1/s1. The first-order valence-corrected chi connectivity index (χ1v) is 15.2. The highest BCUT2D eigenvalue weighted by atomic mass is 16.5. The van der Waals surface area contributed by atoms with E-state index in [4.69, 9.17) is 5.21 Å². The van der Waals surface area contributed by atoms with E-state index in [-0.39, 0.29) is 34.9 Å². The van der Waals surface area contributed by atoms with Crippen molar-refractivity contribution in [3.63, 3.8) is 0 Å². The van der Waals surface area contributed by atoms with Crippen LogP contribution in [0.4, 0.5) is 0 Å². The number of fused-ring (bicyclic) bond motifs is 5. The molecule has 4 rings (SSSR count). The maximum atomic E-state index is 12.5. The van der Waals surface area contributed by atoms with E-state index in [2.05, 4.69) is 26.1 Å². The van der Waals surface area contributed by atoms with Gasteiger partial charge in [0.15, 0.2) is 0 Å². The van der Waals surface area contributed by atoms with Gasteiger partial charge in [0.25, 0.3) is 0 Å². The lowest BCUT2D eigenvalue weighted by Gasteiger charge is -2.62. The van der Waals surface area contributed by atoms with Crippen molar-refractivity contribution in [3.8, 4) is 0 Å². The number of aliphatic hydroxyl groups excluding tert-OH is 2. The number of aliphatic hydroxyl groups is 2. The van der Waals surface area contributed by atoms with E-state index >= 15 is 0 Å². The molecule has 0 spiro atoms. The Morgan fingerprint density at radius 3 is 2.38 bits per heavy atom. The highest BCUT2D eigenvalue weighted by Crippen LogP contribution is 2.68. The van der Waals surface area contributed by atoms with Gasteiger partial charge in [0, 0.05) is 19.4 Å². The van der Waals surface area contributed by atoms with Gasteiger partial charge in [0.2, 0.25) is 11.8 Å². The van der Waals surface area contributed by atoms with E-state index < -0.39 is 0 Å². The van der Waals surface area contributed by atoms with Crippen molar-refractivity contribution in [3.05, 3.63) is 0 Å². The normalized spacial score (nSPS) is 41.7. The third-order valence-electron chi connectivity index (χ3n) is 11.8. The zero-order valence-electron chi connectivity index (χ0n) is 23.4. The first-order chi connectivity index (χ1) is 17.6. The number of unbranched alkanes of at least 4 members (excludes halogenated alkanes) is 2. The van der Waals surface area contributed by atoms with Crippen molar-refractivity contribution in [2.24, 2.45) is 46.3 Å². The monoisotopic (exact) mass is 520 g/mol.